The molecule has 13 nitrogen and oxygen atoms in total. The highest BCUT2D eigenvalue weighted by Gasteiger charge is 2.30. The molecule has 0 spiro atoms. The first-order valence-electron chi connectivity index (χ1n) is 18.6. The number of aromatic nitrogens is 3. The minimum Gasteiger partial charge on any atom is -0.477 e. The molecular weight excluding hydrogens is 693 g/mol. The number of carbonyl (C=O) groups excluding carboxylic acids is 1. The summed E-state index contributed by atoms with van der Waals surface area (Å²) in [6, 6.07) is 7.04. The first-order chi connectivity index (χ1) is 25.7. The van der Waals surface area contributed by atoms with Crippen molar-refractivity contribution in [2.75, 3.05) is 47.4 Å². The van der Waals surface area contributed by atoms with E-state index in [-0.39, 0.29) is 39.4 Å². The predicted octanol–water partition coefficient (Wildman–Crippen LogP) is 5.00. The number of pyridine rings is 1. The zero-order valence-electron chi connectivity index (χ0n) is 31.2. The van der Waals surface area contributed by atoms with Gasteiger partial charge >= 0.3 is 11.9 Å². The third-order valence-electron chi connectivity index (χ3n) is 10.2. The van der Waals surface area contributed by atoms with Crippen molar-refractivity contribution < 1.29 is 23.8 Å². The number of ether oxygens (including phenoxy) is 1. The first kappa shape index (κ1) is 36.8. The summed E-state index contributed by atoms with van der Waals surface area (Å²) >= 11 is 0. The van der Waals surface area contributed by atoms with Gasteiger partial charge in [0.2, 0.25) is 5.43 Å². The number of anilines is 4. The summed E-state index contributed by atoms with van der Waals surface area (Å²) in [6.07, 6.45) is 6.74. The molecule has 0 amide bonds. The second kappa shape index (κ2) is 14.4. The third kappa shape index (κ3) is 7.46. The van der Waals surface area contributed by atoms with Crippen LogP contribution in [0.1, 0.15) is 87.7 Å². The number of carboxylic acid groups (broad SMARTS) is 1. The predicted molar refractivity (Wildman–Crippen MR) is 206 cm³/mol. The van der Waals surface area contributed by atoms with Gasteiger partial charge in [-0.25, -0.2) is 19.2 Å². The Balaban J connectivity index is 1.10. The van der Waals surface area contributed by atoms with E-state index in [0.717, 1.165) is 55.5 Å². The van der Waals surface area contributed by atoms with E-state index in [4.69, 9.17) is 9.73 Å². The molecule has 0 radical (unpaired) electrons. The van der Waals surface area contributed by atoms with Crippen molar-refractivity contribution in [3.8, 4) is 0 Å². The second-order valence-electron chi connectivity index (χ2n) is 15.4. The number of unbranched alkanes of at least 4 members (excludes halogenated alkanes) is 3. The number of hydrogen-bond donors (Lipinski definition) is 2. The Morgan fingerprint density at radius 2 is 1.67 bits per heavy atom. The Bertz CT molecular complexity index is 2390. The molecule has 4 aromatic rings. The smallest absolute Gasteiger partial charge is 0.341 e. The van der Waals surface area contributed by atoms with Gasteiger partial charge in [-0.2, -0.15) is 0 Å². The van der Waals surface area contributed by atoms with Crippen LogP contribution in [0.4, 0.5) is 33.0 Å². The lowest BCUT2D eigenvalue weighted by molar-refractivity contribution is -0.154. The monoisotopic (exact) mass is 739 g/mol. The molecule has 54 heavy (non-hydrogen) atoms. The molecular formula is C40H46FN7O6. The number of H-pyrrole nitrogens is 1. The number of nitrogens with zero attached hydrogens (tertiary/aromatic N) is 6. The zero-order valence-corrected chi connectivity index (χ0v) is 31.2. The molecule has 7 rings (SSSR count). The number of aryl methyl sites for hydroxylation is 1. The van der Waals surface area contributed by atoms with Crippen molar-refractivity contribution in [2.24, 2.45) is 4.99 Å². The lowest BCUT2D eigenvalue weighted by atomic mass is 10.1. The van der Waals surface area contributed by atoms with Crippen molar-refractivity contribution >= 4 is 58.0 Å². The van der Waals surface area contributed by atoms with Gasteiger partial charge in [-0.05, 0) is 83.2 Å². The van der Waals surface area contributed by atoms with Crippen LogP contribution in [0.15, 0.2) is 45.0 Å². The van der Waals surface area contributed by atoms with E-state index >= 15 is 4.39 Å². The van der Waals surface area contributed by atoms with Gasteiger partial charge < -0.3 is 34.1 Å². The Morgan fingerprint density at radius 1 is 0.981 bits per heavy atom. The summed E-state index contributed by atoms with van der Waals surface area (Å²) in [5, 5.41) is 9.93. The fourth-order valence-electron chi connectivity index (χ4n) is 7.45. The molecule has 2 aromatic carbocycles. The number of aromatic carboxylic acids is 1. The number of piperazine rings is 1. The molecule has 2 N–H and O–H groups in total. The van der Waals surface area contributed by atoms with Crippen molar-refractivity contribution in [3.05, 3.63) is 78.8 Å². The molecule has 1 saturated heterocycles. The molecule has 2 aromatic heterocycles. The number of esters is 1. The van der Waals surface area contributed by atoms with E-state index in [1.54, 1.807) is 6.07 Å². The molecule has 0 atom stereocenters. The average molecular weight is 740 g/mol. The molecule has 3 aliphatic rings. The number of nitrogens with one attached hydrogen (secondary N) is 1. The van der Waals surface area contributed by atoms with E-state index in [2.05, 4.69) is 27.5 Å². The molecule has 0 bridgehead atoms. The zero-order chi connectivity index (χ0) is 38.5. The van der Waals surface area contributed by atoms with Crippen LogP contribution in [-0.2, 0) is 9.53 Å². The van der Waals surface area contributed by atoms with E-state index in [9.17, 15) is 24.3 Å². The molecule has 1 aliphatic carbocycles. The van der Waals surface area contributed by atoms with E-state index in [0.29, 0.717) is 61.9 Å². The average Bonchev–Trinajstić information content (AvgIpc) is 3.95. The van der Waals surface area contributed by atoms with Crippen LogP contribution in [0.3, 0.4) is 0 Å². The number of halogens is 1. The van der Waals surface area contributed by atoms with Gasteiger partial charge in [-0.15, -0.1) is 0 Å². The van der Waals surface area contributed by atoms with Crippen LogP contribution in [-0.4, -0.2) is 69.9 Å². The normalized spacial score (nSPS) is 15.5. The number of rotatable bonds is 11. The lowest BCUT2D eigenvalue weighted by Crippen LogP contribution is -2.47. The number of benzene rings is 2. The lowest BCUT2D eigenvalue weighted by Gasteiger charge is -2.39. The standard InChI is InChI=1S/C40H46FN7O6/c1-23-18-29-33(47(37-35(44-29)38(51)43-24(2)42-37)13-9-7-6-8-10-34(49)54-40(3,4)5)20-30(23)45-14-16-46(17-15-45)32-21-31-26(19-28(32)41)36(50)27(39(52)53)22-48(31)25-11-12-25/h18-22,25H,2,6-17H2,1,3-5H3,(H,43,51)(H,52,53). The molecule has 2 aliphatic heterocycles. The van der Waals surface area contributed by atoms with E-state index < -0.39 is 22.8 Å². The summed E-state index contributed by atoms with van der Waals surface area (Å²) < 4.78 is 22.9. The maximum absolute atomic E-state index is 15.7. The van der Waals surface area contributed by atoms with Gasteiger partial charge in [0.05, 0.1) is 22.6 Å². The minimum absolute atomic E-state index is 0.0752. The van der Waals surface area contributed by atoms with Crippen LogP contribution in [0, 0.1) is 12.7 Å². The quantitative estimate of drug-likeness (QED) is 0.159. The van der Waals surface area contributed by atoms with Crippen molar-refractivity contribution in [1.29, 1.82) is 0 Å². The maximum Gasteiger partial charge on any atom is 0.341 e. The highest BCUT2D eigenvalue weighted by molar-refractivity contribution is 5.93. The largest absolute Gasteiger partial charge is 0.477 e. The van der Waals surface area contributed by atoms with Crippen LogP contribution in [0.5, 0.6) is 0 Å². The van der Waals surface area contributed by atoms with Crippen LogP contribution in [0.25, 0.3) is 17.5 Å². The second-order valence-corrected chi connectivity index (χ2v) is 15.4. The molecule has 4 heterocycles. The third-order valence-corrected chi connectivity index (χ3v) is 10.2. The van der Waals surface area contributed by atoms with Gasteiger partial charge in [-0.3, -0.25) is 14.4 Å². The van der Waals surface area contributed by atoms with Gasteiger partial charge in [0.25, 0.3) is 5.56 Å². The fraction of sp³-hybridized carbons (Fsp3) is 0.450. The molecule has 284 valence electrons. The highest BCUT2D eigenvalue weighted by Crippen LogP contribution is 2.41. The molecule has 0 unspecified atom stereocenters. The molecule has 2 fully saturated rings. The summed E-state index contributed by atoms with van der Waals surface area (Å²) in [7, 11) is 0. The van der Waals surface area contributed by atoms with Gasteiger partial charge in [-0.1, -0.05) is 19.4 Å². The van der Waals surface area contributed by atoms with Gasteiger partial charge in [0, 0.05) is 62.5 Å². The topological polar surface area (TPSA) is 153 Å². The fourth-order valence-corrected chi connectivity index (χ4v) is 7.45. The van der Waals surface area contributed by atoms with Crippen LogP contribution in [0.2, 0.25) is 0 Å². The number of hydrogen-bond acceptors (Lipinski definition) is 10. The van der Waals surface area contributed by atoms with Crippen LogP contribution >= 0.6 is 0 Å². The molecule has 14 heteroatoms. The number of carboxylic acids is 1. The first-order valence-corrected chi connectivity index (χ1v) is 18.6. The molecule has 1 saturated carbocycles. The van der Waals surface area contributed by atoms with Gasteiger partial charge in [0.15, 0.2) is 11.2 Å². The summed E-state index contributed by atoms with van der Waals surface area (Å²) in [5.41, 5.74) is 2.76. The summed E-state index contributed by atoms with van der Waals surface area (Å²) in [6.45, 7) is 14.3. The van der Waals surface area contributed by atoms with Crippen LogP contribution < -0.4 is 36.5 Å². The number of aromatic amines is 1. The number of fused-ring (bicyclic) bond motifs is 3. The van der Waals surface area contributed by atoms with Crippen molar-refractivity contribution in [3.63, 3.8) is 0 Å². The van der Waals surface area contributed by atoms with E-state index in [1.165, 1.54) is 12.3 Å². The van der Waals surface area contributed by atoms with E-state index in [1.807, 2.05) is 48.1 Å². The van der Waals surface area contributed by atoms with Crippen molar-refractivity contribution in [2.45, 2.75) is 84.3 Å². The summed E-state index contributed by atoms with van der Waals surface area (Å²) in [4.78, 5) is 68.2. The SMILES string of the molecule is C=c1nc2c(c(=O)[nH]1)=Nc1cc(C)c(N3CCN(c4cc5c(cc4F)c(=O)c(C(=O)O)cn5C4CC4)CC3)cc1N2CCCCCCC(=O)OC(C)(C)C. The number of carbonyl (C=O) groups is 2. The Kier molecular flexibility index (Phi) is 9.79. The Hall–Kier alpha value is -5.53. The van der Waals surface area contributed by atoms with Crippen molar-refractivity contribution in [1.82, 2.24) is 14.5 Å². The Morgan fingerprint density at radius 3 is 2.33 bits per heavy atom. The Labute approximate surface area is 311 Å². The van der Waals surface area contributed by atoms with Gasteiger partial charge in [0.1, 0.15) is 22.5 Å². The minimum atomic E-state index is -1.32. The maximum atomic E-state index is 15.7. The summed E-state index contributed by atoms with van der Waals surface area (Å²) in [5.74, 6) is -1.62. The highest BCUT2D eigenvalue weighted by atomic mass is 19.1.